The number of sulfonamides is 1. The molecule has 2 N–H and O–H groups in total. The zero-order chi connectivity index (χ0) is 16.2. The summed E-state index contributed by atoms with van der Waals surface area (Å²) in [6.07, 6.45) is 0.440. The Kier molecular flexibility index (Phi) is 5.17. The van der Waals surface area contributed by atoms with E-state index in [0.29, 0.717) is 12.2 Å². The Balaban J connectivity index is 2.07. The average Bonchev–Trinajstić information content (AvgIpc) is 2.98. The van der Waals surface area contributed by atoms with Crippen LogP contribution in [-0.2, 0) is 16.4 Å². The topological polar surface area (TPSA) is 92.7 Å². The third kappa shape index (κ3) is 3.65. The summed E-state index contributed by atoms with van der Waals surface area (Å²) in [6.45, 7) is 0.150. The minimum Gasteiger partial charge on any atom is -0.496 e. The van der Waals surface area contributed by atoms with Gasteiger partial charge in [-0.2, -0.15) is 0 Å². The highest BCUT2D eigenvalue weighted by Gasteiger charge is 2.23. The van der Waals surface area contributed by atoms with Crippen molar-refractivity contribution in [1.29, 1.82) is 0 Å². The van der Waals surface area contributed by atoms with Gasteiger partial charge < -0.3 is 9.84 Å². The van der Waals surface area contributed by atoms with Crippen molar-refractivity contribution >= 4 is 27.3 Å². The van der Waals surface area contributed by atoms with Gasteiger partial charge in [-0.3, -0.25) is 0 Å². The molecule has 0 fully saturated rings. The van der Waals surface area contributed by atoms with E-state index in [1.807, 2.05) is 18.2 Å². The van der Waals surface area contributed by atoms with E-state index >= 15 is 0 Å². The number of carbonyl (C=O) groups is 1. The van der Waals surface area contributed by atoms with E-state index in [2.05, 4.69) is 4.72 Å². The van der Waals surface area contributed by atoms with E-state index < -0.39 is 16.0 Å². The van der Waals surface area contributed by atoms with Gasteiger partial charge in [0.25, 0.3) is 0 Å². The summed E-state index contributed by atoms with van der Waals surface area (Å²) in [5, 5.41) is 10.4. The number of hydrogen-bond acceptors (Lipinski definition) is 5. The first-order valence-corrected chi connectivity index (χ1v) is 8.74. The molecule has 2 rings (SSSR count). The first-order chi connectivity index (χ1) is 10.5. The summed E-state index contributed by atoms with van der Waals surface area (Å²) in [4.78, 5) is 10.6. The predicted molar refractivity (Wildman–Crippen MR) is 83.2 cm³/mol. The van der Waals surface area contributed by atoms with E-state index in [0.717, 1.165) is 16.9 Å². The van der Waals surface area contributed by atoms with Gasteiger partial charge in [0.15, 0.2) is 0 Å². The normalized spacial score (nSPS) is 11.3. The van der Waals surface area contributed by atoms with Crippen LogP contribution in [0.1, 0.15) is 15.2 Å². The summed E-state index contributed by atoms with van der Waals surface area (Å²) < 4.78 is 31.9. The minimum atomic E-state index is -3.84. The van der Waals surface area contributed by atoms with Crippen LogP contribution in [0.5, 0.6) is 5.75 Å². The molecular weight excluding hydrogens is 326 g/mol. The zero-order valence-corrected chi connectivity index (χ0v) is 13.4. The lowest BCUT2D eigenvalue weighted by atomic mass is 10.1. The summed E-state index contributed by atoms with van der Waals surface area (Å²) in [7, 11) is -2.29. The van der Waals surface area contributed by atoms with E-state index in [1.54, 1.807) is 13.2 Å². The van der Waals surface area contributed by atoms with Gasteiger partial charge in [-0.15, -0.1) is 11.3 Å². The molecule has 0 saturated heterocycles. The van der Waals surface area contributed by atoms with Crippen molar-refractivity contribution in [3.63, 3.8) is 0 Å². The van der Waals surface area contributed by atoms with Crippen molar-refractivity contribution in [3.05, 3.63) is 46.2 Å². The third-order valence-corrected chi connectivity index (χ3v) is 5.53. The van der Waals surface area contributed by atoms with Crippen molar-refractivity contribution in [3.8, 4) is 5.75 Å². The number of carboxylic acid groups (broad SMARTS) is 1. The van der Waals surface area contributed by atoms with Gasteiger partial charge in [0.1, 0.15) is 15.5 Å². The van der Waals surface area contributed by atoms with E-state index in [-0.39, 0.29) is 16.3 Å². The molecule has 1 aromatic carbocycles. The Morgan fingerprint density at radius 2 is 2.05 bits per heavy atom. The Labute approximate surface area is 132 Å². The Hall–Kier alpha value is -1.90. The fourth-order valence-corrected chi connectivity index (χ4v) is 4.26. The first kappa shape index (κ1) is 16.5. The highest BCUT2D eigenvalue weighted by molar-refractivity contribution is 7.89. The lowest BCUT2D eigenvalue weighted by Gasteiger charge is -2.09. The van der Waals surface area contributed by atoms with Gasteiger partial charge in [0.2, 0.25) is 10.0 Å². The molecule has 0 saturated carbocycles. The quantitative estimate of drug-likeness (QED) is 0.803. The molecule has 0 unspecified atom stereocenters. The highest BCUT2D eigenvalue weighted by Crippen LogP contribution is 2.22. The number of carboxylic acids is 1. The molecule has 0 aliphatic rings. The molecule has 22 heavy (non-hydrogen) atoms. The van der Waals surface area contributed by atoms with Gasteiger partial charge in [0, 0.05) is 6.54 Å². The van der Waals surface area contributed by atoms with E-state index in [1.165, 1.54) is 11.4 Å². The molecule has 118 valence electrons. The monoisotopic (exact) mass is 341 g/mol. The van der Waals surface area contributed by atoms with Gasteiger partial charge in [0.05, 0.1) is 7.11 Å². The van der Waals surface area contributed by atoms with Crippen LogP contribution in [0.2, 0.25) is 0 Å². The standard InChI is InChI=1S/C14H15NO5S2/c1-20-11-5-3-2-4-10(11)6-8-15-22(18,19)12-7-9-21-13(12)14(16)17/h2-5,7,9,15H,6,8H2,1H3,(H,16,17). The van der Waals surface area contributed by atoms with Crippen molar-refractivity contribution in [2.24, 2.45) is 0 Å². The lowest BCUT2D eigenvalue weighted by molar-refractivity contribution is 0.0698. The third-order valence-electron chi connectivity index (χ3n) is 2.99. The fraction of sp³-hybridized carbons (Fsp3) is 0.214. The van der Waals surface area contributed by atoms with Crippen LogP contribution in [0.25, 0.3) is 0 Å². The van der Waals surface area contributed by atoms with Crippen molar-refractivity contribution in [2.75, 3.05) is 13.7 Å². The fourth-order valence-electron chi connectivity index (χ4n) is 1.97. The molecule has 6 nitrogen and oxygen atoms in total. The number of ether oxygens (including phenoxy) is 1. The number of thiophene rings is 1. The summed E-state index contributed by atoms with van der Waals surface area (Å²) in [6, 6.07) is 8.61. The van der Waals surface area contributed by atoms with Crippen LogP contribution in [-0.4, -0.2) is 33.1 Å². The number of hydrogen-bond donors (Lipinski definition) is 2. The maximum absolute atomic E-state index is 12.2. The van der Waals surface area contributed by atoms with Gasteiger partial charge in [-0.25, -0.2) is 17.9 Å². The molecule has 8 heteroatoms. The minimum absolute atomic E-state index is 0.150. The molecule has 0 aliphatic heterocycles. The van der Waals surface area contributed by atoms with Gasteiger partial charge in [-0.1, -0.05) is 18.2 Å². The number of nitrogens with one attached hydrogen (secondary N) is 1. The van der Waals surface area contributed by atoms with Crippen LogP contribution >= 0.6 is 11.3 Å². The maximum atomic E-state index is 12.2. The van der Waals surface area contributed by atoms with Crippen molar-refractivity contribution < 1.29 is 23.1 Å². The number of methoxy groups -OCH3 is 1. The van der Waals surface area contributed by atoms with Crippen LogP contribution < -0.4 is 9.46 Å². The Morgan fingerprint density at radius 3 is 2.73 bits per heavy atom. The first-order valence-electron chi connectivity index (χ1n) is 6.38. The molecular formula is C14H15NO5S2. The largest absolute Gasteiger partial charge is 0.496 e. The number of para-hydroxylation sites is 1. The summed E-state index contributed by atoms with van der Waals surface area (Å²) >= 11 is 0.882. The van der Waals surface area contributed by atoms with Crippen LogP contribution in [0.4, 0.5) is 0 Å². The molecule has 0 atom stereocenters. The second-order valence-electron chi connectivity index (χ2n) is 4.38. The molecule has 0 bridgehead atoms. The Morgan fingerprint density at radius 1 is 1.32 bits per heavy atom. The molecule has 0 radical (unpaired) electrons. The second kappa shape index (κ2) is 6.91. The van der Waals surface area contributed by atoms with Gasteiger partial charge in [-0.05, 0) is 29.5 Å². The maximum Gasteiger partial charge on any atom is 0.347 e. The molecule has 0 spiro atoms. The van der Waals surface area contributed by atoms with Crippen LogP contribution in [0.15, 0.2) is 40.6 Å². The number of rotatable bonds is 7. The summed E-state index contributed by atoms with van der Waals surface area (Å²) in [5.74, 6) is -0.566. The van der Waals surface area contributed by atoms with E-state index in [9.17, 15) is 13.2 Å². The Bertz CT molecular complexity index is 767. The number of aromatic carboxylic acids is 1. The van der Waals surface area contributed by atoms with Crippen LogP contribution in [0, 0.1) is 0 Å². The van der Waals surface area contributed by atoms with E-state index in [4.69, 9.17) is 9.84 Å². The predicted octanol–water partition coefficient (Wildman–Crippen LogP) is 1.98. The smallest absolute Gasteiger partial charge is 0.347 e. The molecule has 2 aromatic rings. The number of benzene rings is 1. The molecule has 1 heterocycles. The lowest BCUT2D eigenvalue weighted by Crippen LogP contribution is -2.27. The second-order valence-corrected chi connectivity index (χ2v) is 7.03. The molecule has 0 aliphatic carbocycles. The van der Waals surface area contributed by atoms with Crippen molar-refractivity contribution in [2.45, 2.75) is 11.3 Å². The zero-order valence-electron chi connectivity index (χ0n) is 11.8. The van der Waals surface area contributed by atoms with Crippen LogP contribution in [0.3, 0.4) is 0 Å². The highest BCUT2D eigenvalue weighted by atomic mass is 32.2. The average molecular weight is 341 g/mol. The molecule has 1 aromatic heterocycles. The van der Waals surface area contributed by atoms with Gasteiger partial charge >= 0.3 is 5.97 Å². The summed E-state index contributed by atoms with van der Waals surface area (Å²) in [5.41, 5.74) is 0.872. The van der Waals surface area contributed by atoms with Crippen molar-refractivity contribution in [1.82, 2.24) is 4.72 Å². The molecule has 0 amide bonds. The SMILES string of the molecule is COc1ccccc1CCNS(=O)(=O)c1ccsc1C(=O)O.